The molecule has 0 aromatic carbocycles. The third kappa shape index (κ3) is 2.71. The number of H-pyrrole nitrogens is 1. The van der Waals surface area contributed by atoms with E-state index in [0.717, 1.165) is 39.0 Å². The average Bonchev–Trinajstić information content (AvgIpc) is 2.91. The van der Waals surface area contributed by atoms with E-state index in [9.17, 15) is 4.79 Å². The molecule has 2 N–H and O–H groups in total. The molecule has 0 spiro atoms. The van der Waals surface area contributed by atoms with Gasteiger partial charge in [-0.15, -0.1) is 0 Å². The number of nitrogens with zero attached hydrogens (tertiary/aromatic N) is 4. The van der Waals surface area contributed by atoms with E-state index in [1.807, 2.05) is 0 Å². The molecule has 2 fully saturated rings. The first-order valence-electron chi connectivity index (χ1n) is 7.95. The molecular weight excluding hydrogens is 320 g/mol. The third-order valence-electron chi connectivity index (χ3n) is 4.49. The fourth-order valence-corrected chi connectivity index (χ4v) is 3.51. The number of halogens is 1. The van der Waals surface area contributed by atoms with Crippen LogP contribution >= 0.6 is 11.6 Å². The predicted molar refractivity (Wildman–Crippen MR) is 87.3 cm³/mol. The first kappa shape index (κ1) is 14.9. The van der Waals surface area contributed by atoms with Crippen molar-refractivity contribution >= 4 is 28.6 Å². The minimum Gasteiger partial charge on any atom is -0.381 e. The summed E-state index contributed by atoms with van der Waals surface area (Å²) in [6, 6.07) is 0.0897. The molecule has 0 amide bonds. The number of hydrogen-bond acceptors (Lipinski definition) is 6. The van der Waals surface area contributed by atoms with E-state index in [2.05, 4.69) is 25.2 Å². The molecule has 2 aromatic heterocycles. The highest BCUT2D eigenvalue weighted by Gasteiger charge is 2.25. The lowest BCUT2D eigenvalue weighted by molar-refractivity contribution is 0.0697. The highest BCUT2D eigenvalue weighted by atomic mass is 35.5. The Balaban J connectivity index is 1.84. The van der Waals surface area contributed by atoms with Crippen LogP contribution in [0.25, 0.3) is 11.2 Å². The average molecular weight is 339 g/mol. The van der Waals surface area contributed by atoms with Crippen LogP contribution in [0, 0.1) is 0 Å². The van der Waals surface area contributed by atoms with Gasteiger partial charge in [-0.1, -0.05) is 0 Å². The molecule has 124 valence electrons. The van der Waals surface area contributed by atoms with E-state index in [1.54, 1.807) is 4.57 Å². The predicted octanol–water partition coefficient (Wildman–Crippen LogP) is 0.534. The van der Waals surface area contributed by atoms with Crippen molar-refractivity contribution in [1.29, 1.82) is 0 Å². The SMILES string of the molecule is O=c1[nH]c2c(N3CCNCC3)nc(Cl)nc2n1C1CCOCC1. The van der Waals surface area contributed by atoms with Crippen LogP contribution in [-0.2, 0) is 4.74 Å². The van der Waals surface area contributed by atoms with Crippen LogP contribution in [0.5, 0.6) is 0 Å². The van der Waals surface area contributed by atoms with Gasteiger partial charge in [0.2, 0.25) is 5.28 Å². The van der Waals surface area contributed by atoms with Crippen molar-refractivity contribution in [3.8, 4) is 0 Å². The monoisotopic (exact) mass is 338 g/mol. The van der Waals surface area contributed by atoms with Crippen molar-refractivity contribution in [1.82, 2.24) is 24.8 Å². The van der Waals surface area contributed by atoms with Crippen LogP contribution in [-0.4, -0.2) is 58.9 Å². The number of ether oxygens (including phenoxy) is 1. The van der Waals surface area contributed by atoms with E-state index < -0.39 is 0 Å². The van der Waals surface area contributed by atoms with Crippen molar-refractivity contribution in [3.63, 3.8) is 0 Å². The summed E-state index contributed by atoms with van der Waals surface area (Å²) in [7, 11) is 0. The lowest BCUT2D eigenvalue weighted by Gasteiger charge is -2.28. The fourth-order valence-electron chi connectivity index (χ4n) is 3.35. The molecule has 2 saturated heterocycles. The number of anilines is 1. The maximum Gasteiger partial charge on any atom is 0.328 e. The number of aromatic nitrogens is 4. The molecular formula is C14H19ClN6O2. The maximum atomic E-state index is 12.5. The number of hydrogen-bond donors (Lipinski definition) is 2. The number of imidazole rings is 1. The molecule has 8 nitrogen and oxygen atoms in total. The fraction of sp³-hybridized carbons (Fsp3) is 0.643. The van der Waals surface area contributed by atoms with Crippen molar-refractivity contribution in [2.45, 2.75) is 18.9 Å². The van der Waals surface area contributed by atoms with Gasteiger partial charge in [0, 0.05) is 45.4 Å². The molecule has 2 aromatic rings. The Morgan fingerprint density at radius 1 is 1.17 bits per heavy atom. The second-order valence-electron chi connectivity index (χ2n) is 5.90. The molecule has 23 heavy (non-hydrogen) atoms. The summed E-state index contributed by atoms with van der Waals surface area (Å²) in [5.74, 6) is 0.712. The Bertz CT molecular complexity index is 760. The summed E-state index contributed by atoms with van der Waals surface area (Å²) in [5, 5.41) is 3.48. The van der Waals surface area contributed by atoms with Gasteiger partial charge in [0.05, 0.1) is 0 Å². The first-order chi connectivity index (χ1) is 11.2. The van der Waals surface area contributed by atoms with Crippen molar-refractivity contribution in [2.75, 3.05) is 44.3 Å². The zero-order valence-electron chi connectivity index (χ0n) is 12.7. The van der Waals surface area contributed by atoms with Gasteiger partial charge >= 0.3 is 5.69 Å². The molecule has 0 unspecified atom stereocenters. The molecule has 4 rings (SSSR count). The lowest BCUT2D eigenvalue weighted by atomic mass is 10.1. The second-order valence-corrected chi connectivity index (χ2v) is 6.23. The summed E-state index contributed by atoms with van der Waals surface area (Å²) < 4.78 is 7.11. The number of nitrogens with one attached hydrogen (secondary N) is 2. The van der Waals surface area contributed by atoms with Gasteiger partial charge < -0.3 is 19.9 Å². The molecule has 0 atom stereocenters. The van der Waals surface area contributed by atoms with E-state index >= 15 is 0 Å². The Morgan fingerprint density at radius 3 is 2.65 bits per heavy atom. The van der Waals surface area contributed by atoms with Gasteiger partial charge in [-0.2, -0.15) is 9.97 Å². The van der Waals surface area contributed by atoms with Gasteiger partial charge in [-0.3, -0.25) is 4.57 Å². The maximum absolute atomic E-state index is 12.5. The number of rotatable bonds is 2. The van der Waals surface area contributed by atoms with Gasteiger partial charge in [-0.05, 0) is 24.4 Å². The van der Waals surface area contributed by atoms with Crippen LogP contribution in [0.3, 0.4) is 0 Å². The molecule has 0 radical (unpaired) electrons. The second kappa shape index (κ2) is 6.10. The van der Waals surface area contributed by atoms with E-state index in [1.165, 1.54) is 0 Å². The molecule has 0 aliphatic carbocycles. The largest absolute Gasteiger partial charge is 0.381 e. The Labute approximate surface area is 137 Å². The Morgan fingerprint density at radius 2 is 1.91 bits per heavy atom. The molecule has 2 aliphatic rings. The van der Waals surface area contributed by atoms with Crippen LogP contribution in [0.2, 0.25) is 5.28 Å². The zero-order valence-corrected chi connectivity index (χ0v) is 13.5. The summed E-state index contributed by atoms with van der Waals surface area (Å²) in [6.07, 6.45) is 1.61. The topological polar surface area (TPSA) is 88.1 Å². The standard InChI is InChI=1S/C14H19ClN6O2/c15-13-18-11(20-5-3-16-4-6-20)10-12(19-13)21(14(22)17-10)9-1-7-23-8-2-9/h9,16H,1-8H2,(H,17,22). The normalized spacial score (nSPS) is 20.3. The Kier molecular flexibility index (Phi) is 3.96. The van der Waals surface area contributed by atoms with Crippen molar-refractivity contribution in [2.24, 2.45) is 0 Å². The first-order valence-corrected chi connectivity index (χ1v) is 8.33. The summed E-state index contributed by atoms with van der Waals surface area (Å²) >= 11 is 6.14. The van der Waals surface area contributed by atoms with Gasteiger partial charge in [-0.25, -0.2) is 4.79 Å². The van der Waals surface area contributed by atoms with Crippen molar-refractivity contribution < 1.29 is 4.74 Å². The quantitative estimate of drug-likeness (QED) is 0.777. The highest BCUT2D eigenvalue weighted by molar-refractivity contribution is 6.28. The van der Waals surface area contributed by atoms with E-state index in [4.69, 9.17) is 16.3 Å². The minimum atomic E-state index is -0.153. The zero-order chi connectivity index (χ0) is 15.8. The number of piperazine rings is 1. The van der Waals surface area contributed by atoms with Crippen LogP contribution in [0.4, 0.5) is 5.82 Å². The lowest BCUT2D eigenvalue weighted by Crippen LogP contribution is -2.44. The van der Waals surface area contributed by atoms with E-state index in [-0.39, 0.29) is 17.0 Å². The highest BCUT2D eigenvalue weighted by Crippen LogP contribution is 2.28. The molecule has 4 heterocycles. The summed E-state index contributed by atoms with van der Waals surface area (Å²) in [6.45, 7) is 4.74. The smallest absolute Gasteiger partial charge is 0.328 e. The minimum absolute atomic E-state index is 0.0897. The molecule has 9 heteroatoms. The molecule has 0 saturated carbocycles. The van der Waals surface area contributed by atoms with Gasteiger partial charge in [0.25, 0.3) is 0 Å². The molecule has 0 bridgehead atoms. The van der Waals surface area contributed by atoms with Crippen LogP contribution in [0.15, 0.2) is 4.79 Å². The van der Waals surface area contributed by atoms with Crippen LogP contribution < -0.4 is 15.9 Å². The number of aromatic amines is 1. The number of fused-ring (bicyclic) bond motifs is 1. The van der Waals surface area contributed by atoms with Crippen LogP contribution in [0.1, 0.15) is 18.9 Å². The van der Waals surface area contributed by atoms with Gasteiger partial charge in [0.15, 0.2) is 11.5 Å². The van der Waals surface area contributed by atoms with Crippen molar-refractivity contribution in [3.05, 3.63) is 15.8 Å². The van der Waals surface area contributed by atoms with Gasteiger partial charge in [0.1, 0.15) is 5.52 Å². The summed E-state index contributed by atoms with van der Waals surface area (Å²) in [5.41, 5.74) is 1.11. The van der Waals surface area contributed by atoms with E-state index in [0.29, 0.717) is 30.2 Å². The summed E-state index contributed by atoms with van der Waals surface area (Å²) in [4.78, 5) is 26.3. The Hall–Kier alpha value is -1.64. The molecule has 2 aliphatic heterocycles. The third-order valence-corrected chi connectivity index (χ3v) is 4.66.